The van der Waals surface area contributed by atoms with Gasteiger partial charge in [0, 0.05) is 12.2 Å². The summed E-state index contributed by atoms with van der Waals surface area (Å²) in [5, 5.41) is 24.9. The molecule has 2 aromatic rings. The van der Waals surface area contributed by atoms with Gasteiger partial charge in [0.15, 0.2) is 0 Å². The first-order chi connectivity index (χ1) is 13.3. The Morgan fingerprint density at radius 1 is 1.04 bits per heavy atom. The van der Waals surface area contributed by atoms with Crippen LogP contribution in [0.3, 0.4) is 0 Å². The second-order valence-electron chi connectivity index (χ2n) is 5.86. The van der Waals surface area contributed by atoms with Crippen molar-refractivity contribution in [3.8, 4) is 5.75 Å². The molecular weight excluding hydrogens is 388 g/mol. The number of likely N-dealkylation sites (N-methyl/N-ethyl adjacent to an activating group) is 1. The van der Waals surface area contributed by atoms with Gasteiger partial charge in [0.05, 0.1) is 15.9 Å². The summed E-state index contributed by atoms with van der Waals surface area (Å²) in [4.78, 5) is 23.0. The summed E-state index contributed by atoms with van der Waals surface area (Å²) in [5.41, 5.74) is -0.327. The number of nitrogens with one attached hydrogen (secondary N) is 1. The molecular formula is C18H21ClN4O5. The molecule has 0 saturated heterocycles. The number of hydrogen-bond acceptors (Lipinski definition) is 7. The van der Waals surface area contributed by atoms with Gasteiger partial charge in [-0.05, 0) is 43.4 Å². The Morgan fingerprint density at radius 3 is 2.18 bits per heavy atom. The zero-order valence-electron chi connectivity index (χ0n) is 15.6. The molecule has 28 heavy (non-hydrogen) atoms. The maximum Gasteiger partial charge on any atom is 0.299 e. The number of halogens is 1. The van der Waals surface area contributed by atoms with Gasteiger partial charge in [0.25, 0.3) is 11.4 Å². The van der Waals surface area contributed by atoms with Crippen molar-refractivity contribution in [3.05, 3.63) is 61.6 Å². The molecule has 0 heterocycles. The van der Waals surface area contributed by atoms with Gasteiger partial charge in [-0.15, -0.1) is 0 Å². The maximum absolute atomic E-state index is 11.3. The monoisotopic (exact) mass is 408 g/mol. The normalized spacial score (nSPS) is 10.7. The van der Waals surface area contributed by atoms with Crippen molar-refractivity contribution < 1.29 is 14.6 Å². The minimum atomic E-state index is -0.760. The van der Waals surface area contributed by atoms with Crippen molar-refractivity contribution >= 4 is 34.4 Å². The van der Waals surface area contributed by atoms with Crippen LogP contribution in [0.25, 0.3) is 0 Å². The van der Waals surface area contributed by atoms with Crippen LogP contribution >= 0.6 is 11.6 Å². The Kier molecular flexibility index (Phi) is 7.53. The van der Waals surface area contributed by atoms with Crippen LogP contribution in [-0.2, 0) is 0 Å². The lowest BCUT2D eigenvalue weighted by Crippen LogP contribution is -2.27. The standard InChI is InChI=1S/C18H21ClN4O5/c1-3-21(4-2)9-10-28-14-7-5-13(6-8-14)20-16-11-15(19)17(22(24)25)12-18(16)23(26)27/h5-8,11-12,20H,3-4,9-10H2,1-2H3. The van der Waals surface area contributed by atoms with Gasteiger partial charge in [-0.3, -0.25) is 20.2 Å². The van der Waals surface area contributed by atoms with Crippen molar-refractivity contribution in [3.63, 3.8) is 0 Å². The fraction of sp³-hybridized carbons (Fsp3) is 0.333. The molecule has 2 rings (SSSR count). The number of nitrogens with zero attached hydrogens (tertiary/aromatic N) is 3. The maximum atomic E-state index is 11.3. The minimum absolute atomic E-state index is 0.0656. The molecule has 0 spiro atoms. The molecule has 0 aliphatic heterocycles. The number of nitro groups is 2. The van der Waals surface area contributed by atoms with E-state index in [9.17, 15) is 20.2 Å². The largest absolute Gasteiger partial charge is 0.492 e. The van der Waals surface area contributed by atoms with Crippen molar-refractivity contribution in [2.45, 2.75) is 13.8 Å². The first-order valence-corrected chi connectivity index (χ1v) is 9.08. The molecule has 0 aliphatic carbocycles. The molecule has 0 amide bonds. The fourth-order valence-corrected chi connectivity index (χ4v) is 2.80. The third-order valence-electron chi connectivity index (χ3n) is 4.16. The third-order valence-corrected chi connectivity index (χ3v) is 4.47. The highest BCUT2D eigenvalue weighted by molar-refractivity contribution is 6.33. The summed E-state index contributed by atoms with van der Waals surface area (Å²) in [7, 11) is 0. The SMILES string of the molecule is CCN(CC)CCOc1ccc(Nc2cc(Cl)c([N+](=O)[O-])cc2[N+](=O)[O-])cc1. The summed E-state index contributed by atoms with van der Waals surface area (Å²) >= 11 is 5.87. The Balaban J connectivity index is 2.10. The minimum Gasteiger partial charge on any atom is -0.492 e. The van der Waals surface area contributed by atoms with Gasteiger partial charge >= 0.3 is 0 Å². The average molecular weight is 409 g/mol. The molecule has 9 nitrogen and oxygen atoms in total. The molecule has 10 heteroatoms. The summed E-state index contributed by atoms with van der Waals surface area (Å²) in [6, 6.07) is 8.89. The number of rotatable bonds is 10. The van der Waals surface area contributed by atoms with Crippen molar-refractivity contribution in [2.24, 2.45) is 0 Å². The van der Waals surface area contributed by atoms with E-state index in [0.717, 1.165) is 25.7 Å². The molecule has 0 unspecified atom stereocenters. The van der Waals surface area contributed by atoms with Crippen molar-refractivity contribution in [1.82, 2.24) is 4.90 Å². The Labute approximate surface area is 167 Å². The molecule has 0 aliphatic rings. The van der Waals surface area contributed by atoms with E-state index in [-0.39, 0.29) is 10.7 Å². The molecule has 0 aromatic heterocycles. The van der Waals surface area contributed by atoms with Gasteiger partial charge in [0.1, 0.15) is 23.1 Å². The third kappa shape index (κ3) is 5.54. The highest BCUT2D eigenvalue weighted by Crippen LogP contribution is 2.37. The molecule has 0 fully saturated rings. The van der Waals surface area contributed by atoms with E-state index in [1.807, 2.05) is 0 Å². The van der Waals surface area contributed by atoms with Crippen molar-refractivity contribution in [1.29, 1.82) is 0 Å². The van der Waals surface area contributed by atoms with E-state index in [1.165, 1.54) is 6.07 Å². The zero-order valence-corrected chi connectivity index (χ0v) is 16.3. The predicted octanol–water partition coefficient (Wildman–Crippen LogP) is 4.62. The van der Waals surface area contributed by atoms with Crippen LogP contribution < -0.4 is 10.1 Å². The van der Waals surface area contributed by atoms with E-state index in [2.05, 4.69) is 24.1 Å². The molecule has 0 bridgehead atoms. The highest BCUT2D eigenvalue weighted by atomic mass is 35.5. The number of nitro benzene ring substituents is 2. The number of benzene rings is 2. The molecule has 2 aromatic carbocycles. The van der Waals surface area contributed by atoms with E-state index in [0.29, 0.717) is 18.0 Å². The van der Waals surface area contributed by atoms with Gasteiger partial charge in [-0.25, -0.2) is 0 Å². The van der Waals surface area contributed by atoms with E-state index >= 15 is 0 Å². The Morgan fingerprint density at radius 2 is 1.64 bits per heavy atom. The average Bonchev–Trinajstić information content (AvgIpc) is 2.66. The van der Waals surface area contributed by atoms with Gasteiger partial charge in [0.2, 0.25) is 0 Å². The molecule has 0 atom stereocenters. The molecule has 1 N–H and O–H groups in total. The van der Waals surface area contributed by atoms with Gasteiger partial charge in [-0.2, -0.15) is 0 Å². The van der Waals surface area contributed by atoms with Gasteiger partial charge < -0.3 is 15.0 Å². The lowest BCUT2D eigenvalue weighted by molar-refractivity contribution is -0.393. The van der Waals surface area contributed by atoms with E-state index in [4.69, 9.17) is 16.3 Å². The molecule has 0 radical (unpaired) electrons. The van der Waals surface area contributed by atoms with E-state index < -0.39 is 21.2 Å². The van der Waals surface area contributed by atoms with Crippen LogP contribution in [0.4, 0.5) is 22.7 Å². The van der Waals surface area contributed by atoms with Gasteiger partial charge in [-0.1, -0.05) is 25.4 Å². The lowest BCUT2D eigenvalue weighted by atomic mass is 10.2. The van der Waals surface area contributed by atoms with E-state index in [1.54, 1.807) is 24.3 Å². The second kappa shape index (κ2) is 9.86. The number of hydrogen-bond donors (Lipinski definition) is 1. The summed E-state index contributed by atoms with van der Waals surface area (Å²) in [5.74, 6) is 0.675. The van der Waals surface area contributed by atoms with Crippen LogP contribution in [0.5, 0.6) is 5.75 Å². The summed E-state index contributed by atoms with van der Waals surface area (Å²) in [6.45, 7) is 7.47. The second-order valence-corrected chi connectivity index (χ2v) is 6.27. The predicted molar refractivity (Wildman–Crippen MR) is 108 cm³/mol. The fourth-order valence-electron chi connectivity index (χ4n) is 2.56. The Hall–Kier alpha value is -2.91. The van der Waals surface area contributed by atoms with Crippen LogP contribution in [-0.4, -0.2) is 41.0 Å². The molecule has 0 saturated carbocycles. The quantitative estimate of drug-likeness (QED) is 0.451. The van der Waals surface area contributed by atoms with Crippen LogP contribution in [0.15, 0.2) is 36.4 Å². The topological polar surface area (TPSA) is 111 Å². The van der Waals surface area contributed by atoms with Crippen molar-refractivity contribution in [2.75, 3.05) is 31.6 Å². The summed E-state index contributed by atoms with van der Waals surface area (Å²) < 4.78 is 5.69. The van der Waals surface area contributed by atoms with Crippen LogP contribution in [0, 0.1) is 20.2 Å². The lowest BCUT2D eigenvalue weighted by Gasteiger charge is -2.18. The smallest absolute Gasteiger partial charge is 0.299 e. The van der Waals surface area contributed by atoms with Crippen LogP contribution in [0.2, 0.25) is 5.02 Å². The zero-order chi connectivity index (χ0) is 20.7. The first kappa shape index (κ1) is 21.4. The molecule has 150 valence electrons. The first-order valence-electron chi connectivity index (χ1n) is 8.70. The highest BCUT2D eigenvalue weighted by Gasteiger charge is 2.23. The summed E-state index contributed by atoms with van der Waals surface area (Å²) in [6.07, 6.45) is 0. The number of anilines is 2. The van der Waals surface area contributed by atoms with Crippen LogP contribution in [0.1, 0.15) is 13.8 Å². The number of ether oxygens (including phenoxy) is 1. The Bertz CT molecular complexity index is 841.